The van der Waals surface area contributed by atoms with Crippen LogP contribution in [0.15, 0.2) is 0 Å². The molecule has 1 saturated heterocycles. The summed E-state index contributed by atoms with van der Waals surface area (Å²) in [5, 5.41) is 3.07. The molecule has 0 aliphatic carbocycles. The molecule has 1 amide bonds. The molecule has 0 spiro atoms. The molecule has 0 saturated carbocycles. The summed E-state index contributed by atoms with van der Waals surface area (Å²) in [4.78, 5) is 13.1. The van der Waals surface area contributed by atoms with Gasteiger partial charge in [0.25, 0.3) is 0 Å². The number of carbonyl (C=O) groups is 1. The molecule has 1 heterocycles. The summed E-state index contributed by atoms with van der Waals surface area (Å²) >= 11 is 0. The van der Waals surface area contributed by atoms with E-state index in [0.717, 1.165) is 0 Å². The van der Waals surface area contributed by atoms with Crippen molar-refractivity contribution in [1.82, 2.24) is 10.2 Å². The van der Waals surface area contributed by atoms with Crippen LogP contribution >= 0.6 is 0 Å². The Morgan fingerprint density at radius 3 is 2.92 bits per heavy atom. The molecule has 0 aromatic carbocycles. The second kappa shape index (κ2) is 3.87. The van der Waals surface area contributed by atoms with Crippen LogP contribution in [0, 0.1) is 0 Å². The van der Waals surface area contributed by atoms with Gasteiger partial charge in [-0.25, -0.2) is 0 Å². The Labute approximate surface area is 72.9 Å². The van der Waals surface area contributed by atoms with Crippen LogP contribution < -0.4 is 5.32 Å². The van der Waals surface area contributed by atoms with Gasteiger partial charge in [0, 0.05) is 13.7 Å². The minimum Gasteiger partial charge on any atom is -0.380 e. The molecule has 2 unspecified atom stereocenters. The van der Waals surface area contributed by atoms with Gasteiger partial charge in [0.05, 0.1) is 18.8 Å². The lowest BCUT2D eigenvalue weighted by Gasteiger charge is -2.18. The predicted octanol–water partition coefficient (Wildman–Crippen LogP) is -0.201. The highest BCUT2D eigenvalue weighted by Gasteiger charge is 2.27. The van der Waals surface area contributed by atoms with E-state index < -0.39 is 0 Å². The second-order valence-electron chi connectivity index (χ2n) is 3.19. The Kier molecular flexibility index (Phi) is 3.05. The summed E-state index contributed by atoms with van der Waals surface area (Å²) in [6.45, 7) is 5.15. The maximum absolute atomic E-state index is 11.4. The molecule has 2 atom stereocenters. The molecule has 0 aromatic heterocycles. The van der Waals surface area contributed by atoms with E-state index in [2.05, 4.69) is 5.32 Å². The number of methoxy groups -OCH3 is 1. The lowest BCUT2D eigenvalue weighted by Crippen LogP contribution is -2.34. The van der Waals surface area contributed by atoms with Crippen LogP contribution in [0.3, 0.4) is 0 Å². The summed E-state index contributed by atoms with van der Waals surface area (Å²) in [6.07, 6.45) is 0.112. The number of amides is 1. The summed E-state index contributed by atoms with van der Waals surface area (Å²) in [5.41, 5.74) is 0. The number of nitrogens with one attached hydrogen (secondary N) is 1. The van der Waals surface area contributed by atoms with Gasteiger partial charge < -0.3 is 9.64 Å². The Hall–Kier alpha value is -0.610. The molecular weight excluding hydrogens is 156 g/mol. The van der Waals surface area contributed by atoms with Crippen molar-refractivity contribution in [1.29, 1.82) is 0 Å². The van der Waals surface area contributed by atoms with Crippen LogP contribution in [-0.4, -0.2) is 43.3 Å². The average Bonchev–Trinajstić information content (AvgIpc) is 2.36. The molecule has 70 valence electrons. The van der Waals surface area contributed by atoms with E-state index in [1.807, 2.05) is 13.8 Å². The summed E-state index contributed by atoms with van der Waals surface area (Å²) < 4.78 is 5.07. The number of ether oxygens (including phenoxy) is 1. The van der Waals surface area contributed by atoms with Crippen LogP contribution in [0.2, 0.25) is 0 Å². The van der Waals surface area contributed by atoms with Gasteiger partial charge >= 0.3 is 0 Å². The first kappa shape index (κ1) is 9.48. The van der Waals surface area contributed by atoms with Crippen molar-refractivity contribution in [3.8, 4) is 0 Å². The monoisotopic (exact) mass is 172 g/mol. The van der Waals surface area contributed by atoms with Crippen molar-refractivity contribution in [3.63, 3.8) is 0 Å². The number of rotatable bonds is 3. The van der Waals surface area contributed by atoms with Crippen molar-refractivity contribution in [2.24, 2.45) is 0 Å². The first-order chi connectivity index (χ1) is 5.65. The third kappa shape index (κ3) is 1.95. The van der Waals surface area contributed by atoms with Gasteiger partial charge in [-0.05, 0) is 13.8 Å². The molecule has 0 bridgehead atoms. The van der Waals surface area contributed by atoms with E-state index in [1.54, 1.807) is 12.0 Å². The normalized spacial score (nSPS) is 26.4. The van der Waals surface area contributed by atoms with Crippen molar-refractivity contribution in [2.75, 3.05) is 20.3 Å². The van der Waals surface area contributed by atoms with E-state index in [0.29, 0.717) is 13.2 Å². The van der Waals surface area contributed by atoms with Crippen LogP contribution in [0.25, 0.3) is 0 Å². The van der Waals surface area contributed by atoms with Crippen LogP contribution in [0.1, 0.15) is 13.8 Å². The van der Waals surface area contributed by atoms with E-state index in [1.165, 1.54) is 0 Å². The third-order valence-corrected chi connectivity index (χ3v) is 2.15. The van der Waals surface area contributed by atoms with Gasteiger partial charge in [-0.15, -0.1) is 0 Å². The molecule has 1 N–H and O–H groups in total. The van der Waals surface area contributed by atoms with E-state index in [9.17, 15) is 4.79 Å². The highest BCUT2D eigenvalue weighted by Crippen LogP contribution is 2.04. The topological polar surface area (TPSA) is 41.6 Å². The third-order valence-electron chi connectivity index (χ3n) is 2.15. The first-order valence-corrected chi connectivity index (χ1v) is 4.20. The molecule has 1 aliphatic rings. The number of nitrogens with zero attached hydrogens (tertiary/aromatic N) is 1. The van der Waals surface area contributed by atoms with Crippen molar-refractivity contribution < 1.29 is 9.53 Å². The lowest BCUT2D eigenvalue weighted by molar-refractivity contribution is -0.129. The zero-order valence-electron chi connectivity index (χ0n) is 7.83. The minimum atomic E-state index is -0.0333. The maximum atomic E-state index is 11.4. The van der Waals surface area contributed by atoms with Gasteiger partial charge in [-0.1, -0.05) is 0 Å². The Morgan fingerprint density at radius 2 is 2.50 bits per heavy atom. The molecule has 12 heavy (non-hydrogen) atoms. The highest BCUT2D eigenvalue weighted by molar-refractivity contribution is 5.83. The number of hydrogen-bond acceptors (Lipinski definition) is 3. The molecule has 1 aliphatic heterocycles. The van der Waals surface area contributed by atoms with Gasteiger partial charge in [-0.2, -0.15) is 0 Å². The van der Waals surface area contributed by atoms with Gasteiger partial charge in [0.1, 0.15) is 0 Å². The first-order valence-electron chi connectivity index (χ1n) is 4.20. The second-order valence-corrected chi connectivity index (χ2v) is 3.19. The Bertz CT molecular complexity index is 172. The van der Waals surface area contributed by atoms with E-state index >= 15 is 0 Å². The molecule has 0 aromatic rings. The SMILES string of the molecule is COC(C)CN1CNC(C)C1=O. The number of carbonyl (C=O) groups excluding carboxylic acids is 1. The zero-order valence-corrected chi connectivity index (χ0v) is 7.83. The molecule has 1 rings (SSSR count). The van der Waals surface area contributed by atoms with E-state index in [-0.39, 0.29) is 18.1 Å². The molecule has 1 fully saturated rings. The van der Waals surface area contributed by atoms with E-state index in [4.69, 9.17) is 4.74 Å². The highest BCUT2D eigenvalue weighted by atomic mass is 16.5. The molecular formula is C8H16N2O2. The summed E-state index contributed by atoms with van der Waals surface area (Å²) in [6, 6.07) is -0.0333. The lowest BCUT2D eigenvalue weighted by atomic mass is 10.3. The molecule has 0 radical (unpaired) electrons. The minimum absolute atomic E-state index is 0.0333. The van der Waals surface area contributed by atoms with Gasteiger partial charge in [-0.3, -0.25) is 10.1 Å². The largest absolute Gasteiger partial charge is 0.380 e. The van der Waals surface area contributed by atoms with Crippen molar-refractivity contribution in [3.05, 3.63) is 0 Å². The fourth-order valence-corrected chi connectivity index (χ4v) is 1.23. The number of hydrogen-bond donors (Lipinski definition) is 1. The molecule has 4 heteroatoms. The fraction of sp³-hybridized carbons (Fsp3) is 0.875. The Morgan fingerprint density at radius 1 is 1.83 bits per heavy atom. The van der Waals surface area contributed by atoms with Crippen molar-refractivity contribution >= 4 is 5.91 Å². The van der Waals surface area contributed by atoms with Crippen LogP contribution in [0.4, 0.5) is 0 Å². The van der Waals surface area contributed by atoms with Crippen LogP contribution in [-0.2, 0) is 9.53 Å². The Balaban J connectivity index is 2.39. The fourth-order valence-electron chi connectivity index (χ4n) is 1.23. The van der Waals surface area contributed by atoms with Crippen LogP contribution in [0.5, 0.6) is 0 Å². The van der Waals surface area contributed by atoms with Gasteiger partial charge in [0.15, 0.2) is 0 Å². The maximum Gasteiger partial charge on any atom is 0.240 e. The predicted molar refractivity (Wildman–Crippen MR) is 45.6 cm³/mol. The summed E-state index contributed by atoms with van der Waals surface area (Å²) in [7, 11) is 1.65. The average molecular weight is 172 g/mol. The standard InChI is InChI=1S/C8H16N2O2/c1-6(12-3)4-10-5-9-7(2)8(10)11/h6-7,9H,4-5H2,1-3H3. The van der Waals surface area contributed by atoms with Gasteiger partial charge in [0.2, 0.25) is 5.91 Å². The zero-order chi connectivity index (χ0) is 9.14. The van der Waals surface area contributed by atoms with Crippen molar-refractivity contribution in [2.45, 2.75) is 26.0 Å². The summed E-state index contributed by atoms with van der Waals surface area (Å²) in [5.74, 6) is 0.166. The quantitative estimate of drug-likeness (QED) is 0.641. The molecule has 4 nitrogen and oxygen atoms in total. The smallest absolute Gasteiger partial charge is 0.240 e.